The van der Waals surface area contributed by atoms with Gasteiger partial charge in [0.05, 0.1) is 22.3 Å². The van der Waals surface area contributed by atoms with Crippen molar-refractivity contribution in [3.63, 3.8) is 0 Å². The van der Waals surface area contributed by atoms with Crippen molar-refractivity contribution in [1.82, 2.24) is 14.7 Å². The standard InChI is InChI=1S/C21H18Cl2FN3O/c1-13(28)26-9-8-20-17(12-26)21(15-3-5-16(24)6-4-15)25-27(20)11-14-2-7-18(22)19(23)10-14/h2-7,10H,8-9,11-12H2,1H3. The van der Waals surface area contributed by atoms with Gasteiger partial charge in [-0.25, -0.2) is 4.39 Å². The molecule has 0 spiro atoms. The number of carbonyl (C=O) groups is 1. The molecule has 0 N–H and O–H groups in total. The zero-order valence-corrected chi connectivity index (χ0v) is 16.8. The van der Waals surface area contributed by atoms with E-state index in [1.165, 1.54) is 12.1 Å². The lowest BCUT2D eigenvalue weighted by Crippen LogP contribution is -2.34. The first-order chi connectivity index (χ1) is 13.4. The molecule has 0 radical (unpaired) electrons. The molecule has 0 atom stereocenters. The minimum absolute atomic E-state index is 0.0351. The van der Waals surface area contributed by atoms with Gasteiger partial charge in [-0.1, -0.05) is 29.3 Å². The van der Waals surface area contributed by atoms with Crippen molar-refractivity contribution in [2.45, 2.75) is 26.4 Å². The lowest BCUT2D eigenvalue weighted by molar-refractivity contribution is -0.129. The molecule has 4 rings (SSSR count). The van der Waals surface area contributed by atoms with E-state index in [9.17, 15) is 9.18 Å². The van der Waals surface area contributed by atoms with Crippen molar-refractivity contribution in [2.75, 3.05) is 6.54 Å². The molecule has 0 fully saturated rings. The number of rotatable bonds is 3. The van der Waals surface area contributed by atoms with Crippen LogP contribution in [0, 0.1) is 5.82 Å². The third-order valence-electron chi connectivity index (χ3n) is 5.01. The van der Waals surface area contributed by atoms with Gasteiger partial charge in [-0.15, -0.1) is 0 Å². The van der Waals surface area contributed by atoms with E-state index >= 15 is 0 Å². The highest BCUT2D eigenvalue weighted by Crippen LogP contribution is 2.31. The molecule has 3 aromatic rings. The smallest absolute Gasteiger partial charge is 0.219 e. The highest BCUT2D eigenvalue weighted by Gasteiger charge is 2.26. The fourth-order valence-electron chi connectivity index (χ4n) is 3.54. The zero-order valence-electron chi connectivity index (χ0n) is 15.3. The minimum atomic E-state index is -0.293. The lowest BCUT2D eigenvalue weighted by Gasteiger charge is -2.27. The highest BCUT2D eigenvalue weighted by molar-refractivity contribution is 6.42. The number of benzene rings is 2. The Bertz CT molecular complexity index is 1050. The molecule has 4 nitrogen and oxygen atoms in total. The summed E-state index contributed by atoms with van der Waals surface area (Å²) < 4.78 is 15.3. The van der Waals surface area contributed by atoms with Crippen LogP contribution in [0.2, 0.25) is 10.0 Å². The fourth-order valence-corrected chi connectivity index (χ4v) is 3.86. The van der Waals surface area contributed by atoms with Crippen LogP contribution in [0.15, 0.2) is 42.5 Å². The van der Waals surface area contributed by atoms with E-state index < -0.39 is 0 Å². The average molecular weight is 418 g/mol. The monoisotopic (exact) mass is 417 g/mol. The third-order valence-corrected chi connectivity index (χ3v) is 5.75. The predicted molar refractivity (Wildman–Crippen MR) is 108 cm³/mol. The summed E-state index contributed by atoms with van der Waals surface area (Å²) in [6.07, 6.45) is 0.713. The molecule has 1 amide bonds. The lowest BCUT2D eigenvalue weighted by atomic mass is 10.0. The second kappa shape index (κ2) is 7.57. The van der Waals surface area contributed by atoms with Crippen LogP contribution >= 0.6 is 23.2 Å². The van der Waals surface area contributed by atoms with Gasteiger partial charge in [0.2, 0.25) is 5.91 Å². The molecule has 144 valence electrons. The molecule has 0 saturated carbocycles. The molecular weight excluding hydrogens is 400 g/mol. The number of nitrogens with zero attached hydrogens (tertiary/aromatic N) is 3. The predicted octanol–water partition coefficient (Wildman–Crippen LogP) is 4.95. The van der Waals surface area contributed by atoms with Crippen molar-refractivity contribution in [3.8, 4) is 11.3 Å². The van der Waals surface area contributed by atoms with Crippen LogP contribution in [-0.2, 0) is 24.3 Å². The van der Waals surface area contributed by atoms with Crippen molar-refractivity contribution >= 4 is 29.1 Å². The molecule has 0 saturated heterocycles. The Balaban J connectivity index is 1.77. The Hall–Kier alpha value is -2.37. The van der Waals surface area contributed by atoms with Crippen LogP contribution in [0.25, 0.3) is 11.3 Å². The average Bonchev–Trinajstić information content (AvgIpc) is 3.03. The van der Waals surface area contributed by atoms with Crippen LogP contribution in [0.1, 0.15) is 23.7 Å². The molecule has 2 heterocycles. The number of aromatic nitrogens is 2. The molecule has 2 aromatic carbocycles. The Morgan fingerprint density at radius 3 is 2.57 bits per heavy atom. The molecular formula is C21H18Cl2FN3O. The molecule has 0 aliphatic carbocycles. The number of carbonyl (C=O) groups excluding carboxylic acids is 1. The number of hydrogen-bond donors (Lipinski definition) is 0. The molecule has 7 heteroatoms. The van der Waals surface area contributed by atoms with Crippen LogP contribution in [0.4, 0.5) is 4.39 Å². The van der Waals surface area contributed by atoms with Gasteiger partial charge in [0, 0.05) is 43.3 Å². The Kier molecular flexibility index (Phi) is 5.13. The second-order valence-electron chi connectivity index (χ2n) is 6.88. The highest BCUT2D eigenvalue weighted by atomic mass is 35.5. The Morgan fingerprint density at radius 2 is 1.89 bits per heavy atom. The molecule has 1 aliphatic heterocycles. The van der Waals surface area contributed by atoms with Gasteiger partial charge in [0.1, 0.15) is 5.82 Å². The van der Waals surface area contributed by atoms with Gasteiger partial charge in [0.25, 0.3) is 0 Å². The summed E-state index contributed by atoms with van der Waals surface area (Å²) in [5.74, 6) is -0.258. The normalized spacial score (nSPS) is 13.5. The first-order valence-corrected chi connectivity index (χ1v) is 9.72. The fraction of sp³-hybridized carbons (Fsp3) is 0.238. The van der Waals surface area contributed by atoms with Gasteiger partial charge in [0.15, 0.2) is 0 Å². The van der Waals surface area contributed by atoms with Gasteiger partial charge >= 0.3 is 0 Å². The molecule has 0 unspecified atom stereocenters. The Labute approximate surface area is 172 Å². The first kappa shape index (κ1) is 19.0. The maximum atomic E-state index is 13.4. The zero-order chi connectivity index (χ0) is 19.8. The molecule has 1 aromatic heterocycles. The topological polar surface area (TPSA) is 38.1 Å². The summed E-state index contributed by atoms with van der Waals surface area (Å²) in [5.41, 5.74) is 4.69. The van der Waals surface area contributed by atoms with E-state index in [2.05, 4.69) is 0 Å². The summed E-state index contributed by atoms with van der Waals surface area (Å²) >= 11 is 12.2. The largest absolute Gasteiger partial charge is 0.338 e. The summed E-state index contributed by atoms with van der Waals surface area (Å²) in [7, 11) is 0. The van der Waals surface area contributed by atoms with Gasteiger partial charge in [-0.05, 0) is 42.0 Å². The van der Waals surface area contributed by atoms with E-state index in [0.717, 1.165) is 28.1 Å². The molecule has 1 aliphatic rings. The van der Waals surface area contributed by atoms with E-state index in [0.29, 0.717) is 36.1 Å². The number of halogens is 3. The van der Waals surface area contributed by atoms with E-state index in [1.807, 2.05) is 16.8 Å². The van der Waals surface area contributed by atoms with Crippen molar-refractivity contribution in [2.24, 2.45) is 0 Å². The molecule has 0 bridgehead atoms. The minimum Gasteiger partial charge on any atom is -0.338 e. The first-order valence-electron chi connectivity index (χ1n) is 8.96. The SMILES string of the molecule is CC(=O)N1CCc2c(c(-c3ccc(F)cc3)nn2Cc2ccc(Cl)c(Cl)c2)C1. The van der Waals surface area contributed by atoms with E-state index in [1.54, 1.807) is 30.0 Å². The van der Waals surface area contributed by atoms with Crippen LogP contribution < -0.4 is 0 Å². The number of hydrogen-bond acceptors (Lipinski definition) is 2. The van der Waals surface area contributed by atoms with Crippen LogP contribution in [0.5, 0.6) is 0 Å². The van der Waals surface area contributed by atoms with E-state index in [4.69, 9.17) is 28.3 Å². The van der Waals surface area contributed by atoms with Gasteiger partial charge in [-0.2, -0.15) is 5.10 Å². The van der Waals surface area contributed by atoms with Gasteiger partial charge in [-0.3, -0.25) is 9.48 Å². The maximum absolute atomic E-state index is 13.4. The number of fused-ring (bicyclic) bond motifs is 1. The van der Waals surface area contributed by atoms with Gasteiger partial charge < -0.3 is 4.90 Å². The van der Waals surface area contributed by atoms with Crippen molar-refractivity contribution < 1.29 is 9.18 Å². The summed E-state index contributed by atoms with van der Waals surface area (Å²) in [6.45, 7) is 3.26. The quantitative estimate of drug-likeness (QED) is 0.604. The number of amides is 1. The van der Waals surface area contributed by atoms with Crippen molar-refractivity contribution in [1.29, 1.82) is 0 Å². The maximum Gasteiger partial charge on any atom is 0.219 e. The van der Waals surface area contributed by atoms with Crippen LogP contribution in [0.3, 0.4) is 0 Å². The van der Waals surface area contributed by atoms with Crippen LogP contribution in [-0.4, -0.2) is 27.1 Å². The summed E-state index contributed by atoms with van der Waals surface area (Å²) in [5, 5.41) is 5.83. The third kappa shape index (κ3) is 3.64. The summed E-state index contributed by atoms with van der Waals surface area (Å²) in [6, 6.07) is 11.8. The van der Waals surface area contributed by atoms with Crippen molar-refractivity contribution in [3.05, 3.63) is 75.1 Å². The Morgan fingerprint density at radius 1 is 1.14 bits per heavy atom. The summed E-state index contributed by atoms with van der Waals surface area (Å²) in [4.78, 5) is 13.7. The van der Waals surface area contributed by atoms with E-state index in [-0.39, 0.29) is 11.7 Å². The molecule has 28 heavy (non-hydrogen) atoms. The second-order valence-corrected chi connectivity index (χ2v) is 7.69.